The lowest BCUT2D eigenvalue weighted by Crippen LogP contribution is -2.46. The molecule has 0 fully saturated rings. The van der Waals surface area contributed by atoms with Gasteiger partial charge in [0.1, 0.15) is 33.8 Å². The second-order valence-electron chi connectivity index (χ2n) is 5.91. The molecule has 2 aromatic rings. The van der Waals surface area contributed by atoms with Crippen LogP contribution in [0.5, 0.6) is 11.5 Å². The third-order valence-electron chi connectivity index (χ3n) is 3.94. The molecule has 1 aromatic carbocycles. The van der Waals surface area contributed by atoms with E-state index in [1.165, 1.54) is 13.2 Å². The highest BCUT2D eigenvalue weighted by atomic mass is 16.5. The Balaban J connectivity index is 2.36. The van der Waals surface area contributed by atoms with E-state index in [0.717, 1.165) is 0 Å². The topological polar surface area (TPSA) is 68.9 Å². The van der Waals surface area contributed by atoms with Gasteiger partial charge in [-0.3, -0.25) is 4.79 Å². The van der Waals surface area contributed by atoms with Crippen LogP contribution in [0.1, 0.15) is 25.2 Å². The highest BCUT2D eigenvalue weighted by Gasteiger charge is 2.38. The van der Waals surface area contributed by atoms with Gasteiger partial charge in [-0.2, -0.15) is 0 Å². The second kappa shape index (κ2) is 4.49. The summed E-state index contributed by atoms with van der Waals surface area (Å²) >= 11 is 0. The summed E-state index contributed by atoms with van der Waals surface area (Å²) < 4.78 is 16.9. The Bertz CT molecular complexity index is 772. The van der Waals surface area contributed by atoms with E-state index in [0.29, 0.717) is 40.2 Å². The molecule has 0 unspecified atom stereocenters. The number of aliphatic hydroxyl groups is 1. The molecule has 1 N–H and O–H groups in total. The maximum Gasteiger partial charge on any atom is 0.196 e. The van der Waals surface area contributed by atoms with E-state index in [1.807, 2.05) is 13.8 Å². The van der Waals surface area contributed by atoms with Gasteiger partial charge in [0, 0.05) is 24.1 Å². The molecule has 21 heavy (non-hydrogen) atoms. The van der Waals surface area contributed by atoms with Gasteiger partial charge in [0.25, 0.3) is 0 Å². The van der Waals surface area contributed by atoms with E-state index in [1.54, 1.807) is 13.0 Å². The Kier molecular flexibility index (Phi) is 2.99. The van der Waals surface area contributed by atoms with Crippen molar-refractivity contribution in [3.63, 3.8) is 0 Å². The van der Waals surface area contributed by atoms with E-state index < -0.39 is 11.7 Å². The number of fused-ring (bicyclic) bond motifs is 2. The Labute approximate surface area is 122 Å². The molecule has 0 saturated carbocycles. The zero-order valence-corrected chi connectivity index (χ0v) is 12.5. The van der Waals surface area contributed by atoms with Crippen molar-refractivity contribution in [3.05, 3.63) is 33.7 Å². The fourth-order valence-electron chi connectivity index (χ4n) is 2.73. The zero-order valence-electron chi connectivity index (χ0n) is 12.5. The summed E-state index contributed by atoms with van der Waals surface area (Å²) in [4.78, 5) is 12.2. The minimum Gasteiger partial charge on any atom is -0.495 e. The van der Waals surface area contributed by atoms with Crippen LogP contribution in [0.3, 0.4) is 0 Å². The molecule has 1 aliphatic heterocycles. The average molecular weight is 290 g/mol. The van der Waals surface area contributed by atoms with Gasteiger partial charge in [-0.15, -0.1) is 0 Å². The van der Waals surface area contributed by atoms with Gasteiger partial charge < -0.3 is 19.0 Å². The van der Waals surface area contributed by atoms with Crippen LogP contribution in [0.25, 0.3) is 11.0 Å². The van der Waals surface area contributed by atoms with Crippen molar-refractivity contribution < 1.29 is 19.0 Å². The summed E-state index contributed by atoms with van der Waals surface area (Å²) in [6.07, 6.45) is -0.303. The summed E-state index contributed by atoms with van der Waals surface area (Å²) in [6, 6.07) is 3.14. The highest BCUT2D eigenvalue weighted by molar-refractivity contribution is 5.87. The standard InChI is InChI=1S/C16H18O5/c1-8-5-10(17)14-12(20-8)7-11-9(15(14)19-4)6-13(18)16(2,3)21-11/h5,7,13,18H,6H2,1-4H3/t13-/m1/s1. The third-order valence-corrected chi connectivity index (χ3v) is 3.94. The zero-order chi connectivity index (χ0) is 15.4. The first-order valence-corrected chi connectivity index (χ1v) is 6.85. The number of aryl methyl sites for hydroxylation is 1. The van der Waals surface area contributed by atoms with Crippen molar-refractivity contribution in [1.29, 1.82) is 0 Å². The molecule has 1 aromatic heterocycles. The minimum atomic E-state index is -0.699. The first-order chi connectivity index (χ1) is 9.83. The quantitative estimate of drug-likeness (QED) is 0.872. The molecule has 3 rings (SSSR count). The predicted molar refractivity (Wildman–Crippen MR) is 78.2 cm³/mol. The van der Waals surface area contributed by atoms with Crippen LogP contribution in [0.15, 0.2) is 21.3 Å². The van der Waals surface area contributed by atoms with Gasteiger partial charge in [-0.05, 0) is 20.8 Å². The normalized spacial score (nSPS) is 20.0. The minimum absolute atomic E-state index is 0.160. The van der Waals surface area contributed by atoms with Crippen molar-refractivity contribution in [1.82, 2.24) is 0 Å². The molecule has 112 valence electrons. The summed E-state index contributed by atoms with van der Waals surface area (Å²) in [5.41, 5.74) is 0.277. The number of hydrogen-bond acceptors (Lipinski definition) is 5. The van der Waals surface area contributed by atoms with Crippen molar-refractivity contribution in [2.45, 2.75) is 38.9 Å². The van der Waals surface area contributed by atoms with E-state index in [-0.39, 0.29) is 5.43 Å². The number of aliphatic hydroxyl groups excluding tert-OH is 1. The van der Waals surface area contributed by atoms with Crippen molar-refractivity contribution in [2.24, 2.45) is 0 Å². The summed E-state index contributed by atoms with van der Waals surface area (Å²) in [7, 11) is 1.50. The molecule has 0 spiro atoms. The molecular weight excluding hydrogens is 272 g/mol. The molecule has 5 nitrogen and oxygen atoms in total. The van der Waals surface area contributed by atoms with E-state index in [9.17, 15) is 9.90 Å². The first-order valence-electron chi connectivity index (χ1n) is 6.85. The molecule has 0 aliphatic carbocycles. The number of hydrogen-bond donors (Lipinski definition) is 1. The van der Waals surface area contributed by atoms with E-state index in [2.05, 4.69) is 0 Å². The number of methoxy groups -OCH3 is 1. The second-order valence-corrected chi connectivity index (χ2v) is 5.91. The molecule has 1 aliphatic rings. The lowest BCUT2D eigenvalue weighted by Gasteiger charge is -2.37. The average Bonchev–Trinajstić information content (AvgIpc) is 2.37. The maximum absolute atomic E-state index is 12.2. The number of ether oxygens (including phenoxy) is 2. The Morgan fingerprint density at radius 2 is 2.10 bits per heavy atom. The lowest BCUT2D eigenvalue weighted by atomic mass is 9.90. The van der Waals surface area contributed by atoms with Crippen LogP contribution in [0, 0.1) is 6.92 Å². The van der Waals surface area contributed by atoms with Crippen LogP contribution in [-0.2, 0) is 6.42 Å². The molecule has 0 radical (unpaired) electrons. The summed E-state index contributed by atoms with van der Waals surface area (Å²) in [6.45, 7) is 5.37. The van der Waals surface area contributed by atoms with Crippen molar-refractivity contribution in [2.75, 3.05) is 7.11 Å². The van der Waals surface area contributed by atoms with Gasteiger partial charge in [0.15, 0.2) is 5.43 Å². The van der Waals surface area contributed by atoms with Crippen LogP contribution >= 0.6 is 0 Å². The lowest BCUT2D eigenvalue weighted by molar-refractivity contribution is -0.0415. The van der Waals surface area contributed by atoms with Crippen LogP contribution < -0.4 is 14.9 Å². The molecular formula is C16H18O5. The van der Waals surface area contributed by atoms with Crippen molar-refractivity contribution in [3.8, 4) is 11.5 Å². The monoisotopic (exact) mass is 290 g/mol. The van der Waals surface area contributed by atoms with Crippen LogP contribution in [0.2, 0.25) is 0 Å². The molecule has 2 heterocycles. The Hall–Kier alpha value is -2.01. The predicted octanol–water partition coefficient (Wildman–Crippen LogP) is 2.18. The molecule has 0 amide bonds. The van der Waals surface area contributed by atoms with Gasteiger partial charge in [-0.1, -0.05) is 0 Å². The maximum atomic E-state index is 12.2. The van der Waals surface area contributed by atoms with Gasteiger partial charge in [0.05, 0.1) is 13.2 Å². The summed E-state index contributed by atoms with van der Waals surface area (Å²) in [5, 5.41) is 10.6. The van der Waals surface area contributed by atoms with Gasteiger partial charge >= 0.3 is 0 Å². The van der Waals surface area contributed by atoms with Crippen molar-refractivity contribution >= 4 is 11.0 Å². The molecule has 1 atom stereocenters. The largest absolute Gasteiger partial charge is 0.495 e. The van der Waals surface area contributed by atoms with E-state index in [4.69, 9.17) is 13.9 Å². The Morgan fingerprint density at radius 3 is 2.76 bits per heavy atom. The molecule has 0 bridgehead atoms. The fourth-order valence-corrected chi connectivity index (χ4v) is 2.73. The smallest absolute Gasteiger partial charge is 0.196 e. The number of rotatable bonds is 1. The van der Waals surface area contributed by atoms with Crippen LogP contribution in [0.4, 0.5) is 0 Å². The molecule has 0 saturated heterocycles. The van der Waals surface area contributed by atoms with Crippen LogP contribution in [-0.4, -0.2) is 23.9 Å². The summed E-state index contributed by atoms with van der Waals surface area (Å²) in [5.74, 6) is 1.54. The number of benzene rings is 1. The first kappa shape index (κ1) is 13.9. The highest BCUT2D eigenvalue weighted by Crippen LogP contribution is 2.42. The fraction of sp³-hybridized carbons (Fsp3) is 0.438. The SMILES string of the molecule is COc1c2c(cc3oc(C)cc(=O)c13)OC(C)(C)[C@H](O)C2. The van der Waals surface area contributed by atoms with Gasteiger partial charge in [0.2, 0.25) is 0 Å². The third kappa shape index (κ3) is 2.08. The Morgan fingerprint density at radius 1 is 1.38 bits per heavy atom. The molecule has 5 heteroatoms. The van der Waals surface area contributed by atoms with E-state index >= 15 is 0 Å². The van der Waals surface area contributed by atoms with Gasteiger partial charge in [-0.25, -0.2) is 0 Å².